The minimum absolute atomic E-state index is 0.0955. The average molecular weight is 417 g/mol. The van der Waals surface area contributed by atoms with Crippen LogP contribution in [0.2, 0.25) is 0 Å². The Kier molecular flexibility index (Phi) is 4.53. The van der Waals surface area contributed by atoms with Crippen LogP contribution >= 0.6 is 0 Å². The first-order valence-corrected chi connectivity index (χ1v) is 8.45. The number of carbonyl (C=O) groups excluding carboxylic acids is 1. The maximum Gasteiger partial charge on any atom is 0.277 e. The second-order valence-electron chi connectivity index (χ2n) is 6.28. The number of aromatic hydroxyl groups is 1. The summed E-state index contributed by atoms with van der Waals surface area (Å²) in [4.78, 5) is 24.5. The normalized spacial score (nSPS) is 11.1. The molecular weight excluding hydrogens is 406 g/mol. The lowest BCUT2D eigenvalue weighted by Crippen LogP contribution is -2.22. The van der Waals surface area contributed by atoms with Gasteiger partial charge in [0.25, 0.3) is 11.5 Å². The van der Waals surface area contributed by atoms with Gasteiger partial charge in [-0.15, -0.1) is 0 Å². The number of nitrogens with zero attached hydrogens (tertiary/aromatic N) is 1. The third-order valence-electron chi connectivity index (χ3n) is 4.43. The molecule has 0 radical (unpaired) electrons. The predicted octanol–water partition coefficient (Wildman–Crippen LogP) is 3.81. The number of aromatic nitrogens is 2. The lowest BCUT2D eigenvalue weighted by atomic mass is 10.0. The Morgan fingerprint density at radius 1 is 0.967 bits per heavy atom. The van der Waals surface area contributed by atoms with E-state index in [0.717, 1.165) is 12.1 Å². The highest BCUT2D eigenvalue weighted by Crippen LogP contribution is 2.35. The number of amides is 1. The zero-order chi connectivity index (χ0) is 21.6. The number of nitrogens with one attached hydrogen (secondary N) is 2. The number of pyridine rings is 1. The summed E-state index contributed by atoms with van der Waals surface area (Å²) in [6.45, 7) is 0. The molecule has 1 amide bonds. The van der Waals surface area contributed by atoms with Crippen LogP contribution in [0.1, 0.15) is 10.4 Å². The third kappa shape index (κ3) is 2.98. The van der Waals surface area contributed by atoms with Crippen molar-refractivity contribution >= 4 is 17.1 Å². The monoisotopic (exact) mass is 417 g/mol. The van der Waals surface area contributed by atoms with Crippen molar-refractivity contribution in [2.24, 2.45) is 0 Å². The zero-order valence-electron chi connectivity index (χ0n) is 14.8. The van der Waals surface area contributed by atoms with Crippen molar-refractivity contribution in [2.75, 3.05) is 5.32 Å². The SMILES string of the molecule is O=C(Nc1c(F)c(F)c(-c2cccc(O)c2)c(F)c1F)c1c(=O)[nH]n2ccccc12. The van der Waals surface area contributed by atoms with Gasteiger partial charge in [-0.25, -0.2) is 17.6 Å². The van der Waals surface area contributed by atoms with Crippen LogP contribution in [-0.2, 0) is 0 Å². The maximum absolute atomic E-state index is 14.6. The summed E-state index contributed by atoms with van der Waals surface area (Å²) in [7, 11) is 0. The van der Waals surface area contributed by atoms with E-state index in [-0.39, 0.29) is 16.8 Å². The molecule has 0 aliphatic carbocycles. The summed E-state index contributed by atoms with van der Waals surface area (Å²) in [5, 5.41) is 13.5. The van der Waals surface area contributed by atoms with E-state index < -0.39 is 51.5 Å². The molecule has 4 aromatic rings. The van der Waals surface area contributed by atoms with E-state index in [1.807, 2.05) is 0 Å². The molecule has 0 aliphatic rings. The van der Waals surface area contributed by atoms with Gasteiger partial charge in [0.15, 0.2) is 23.3 Å². The molecule has 0 saturated carbocycles. The Hall–Kier alpha value is -4.08. The fourth-order valence-corrected chi connectivity index (χ4v) is 3.08. The molecule has 3 N–H and O–H groups in total. The van der Waals surface area contributed by atoms with E-state index in [4.69, 9.17) is 0 Å². The van der Waals surface area contributed by atoms with Gasteiger partial charge in [0.1, 0.15) is 17.0 Å². The van der Waals surface area contributed by atoms with Crippen LogP contribution < -0.4 is 10.9 Å². The van der Waals surface area contributed by atoms with E-state index in [1.165, 1.54) is 35.0 Å². The Morgan fingerprint density at radius 2 is 1.67 bits per heavy atom. The number of phenolic OH excluding ortho intramolecular Hbond substituents is 1. The number of phenols is 1. The summed E-state index contributed by atoms with van der Waals surface area (Å²) in [5.74, 6) is -8.90. The molecule has 4 rings (SSSR count). The van der Waals surface area contributed by atoms with Gasteiger partial charge < -0.3 is 10.4 Å². The lowest BCUT2D eigenvalue weighted by molar-refractivity contribution is 0.102. The molecule has 10 heteroatoms. The van der Waals surface area contributed by atoms with Crippen LogP contribution in [0.15, 0.2) is 53.5 Å². The van der Waals surface area contributed by atoms with Crippen LogP contribution in [0.4, 0.5) is 23.2 Å². The summed E-state index contributed by atoms with van der Waals surface area (Å²) < 4.78 is 59.4. The van der Waals surface area contributed by atoms with E-state index in [9.17, 15) is 32.3 Å². The highest BCUT2D eigenvalue weighted by Gasteiger charge is 2.29. The maximum atomic E-state index is 14.6. The van der Waals surface area contributed by atoms with Gasteiger partial charge in [0, 0.05) is 6.20 Å². The topological polar surface area (TPSA) is 86.6 Å². The number of hydrogen-bond donors (Lipinski definition) is 3. The van der Waals surface area contributed by atoms with Crippen molar-refractivity contribution in [2.45, 2.75) is 0 Å². The first kappa shape index (κ1) is 19.2. The Morgan fingerprint density at radius 3 is 2.33 bits per heavy atom. The quantitative estimate of drug-likeness (QED) is 0.350. The first-order valence-electron chi connectivity index (χ1n) is 8.45. The van der Waals surface area contributed by atoms with Crippen molar-refractivity contribution in [3.8, 4) is 16.9 Å². The molecule has 152 valence electrons. The molecule has 0 atom stereocenters. The number of fused-ring (bicyclic) bond motifs is 1. The van der Waals surface area contributed by atoms with Gasteiger partial charge in [-0.05, 0) is 29.8 Å². The summed E-state index contributed by atoms with van der Waals surface area (Å²) in [6, 6.07) is 8.99. The van der Waals surface area contributed by atoms with Gasteiger partial charge in [0.2, 0.25) is 0 Å². The van der Waals surface area contributed by atoms with Crippen molar-refractivity contribution in [3.63, 3.8) is 0 Å². The smallest absolute Gasteiger partial charge is 0.277 e. The number of carbonyl (C=O) groups is 1. The number of aromatic amines is 1. The molecule has 2 aromatic heterocycles. The second kappa shape index (κ2) is 7.07. The van der Waals surface area contributed by atoms with Crippen molar-refractivity contribution in [3.05, 3.63) is 87.8 Å². The third-order valence-corrected chi connectivity index (χ3v) is 4.43. The standard InChI is InChI=1S/C20H11F4N3O3/c21-14-12(9-4-3-5-10(28)8-9)15(22)17(24)18(16(14)23)25-19(29)13-11-6-1-2-7-27(11)26-20(13)30/h1-8,28H,(H,25,29)(H,26,30). The van der Waals surface area contributed by atoms with Gasteiger partial charge >= 0.3 is 0 Å². The highest BCUT2D eigenvalue weighted by molar-refractivity contribution is 6.08. The molecule has 0 aliphatic heterocycles. The number of halogens is 4. The highest BCUT2D eigenvalue weighted by atomic mass is 19.2. The number of H-pyrrole nitrogens is 1. The minimum Gasteiger partial charge on any atom is -0.508 e. The van der Waals surface area contributed by atoms with Crippen molar-refractivity contribution in [1.82, 2.24) is 9.61 Å². The van der Waals surface area contributed by atoms with Crippen LogP contribution in [0.25, 0.3) is 16.6 Å². The van der Waals surface area contributed by atoms with E-state index in [1.54, 1.807) is 11.4 Å². The molecule has 0 spiro atoms. The number of benzene rings is 2. The van der Waals surface area contributed by atoms with Crippen LogP contribution in [0, 0.1) is 23.3 Å². The number of hydrogen-bond acceptors (Lipinski definition) is 3. The largest absolute Gasteiger partial charge is 0.508 e. The van der Waals surface area contributed by atoms with Gasteiger partial charge in [-0.3, -0.25) is 19.2 Å². The molecular formula is C20H11F4N3O3. The zero-order valence-corrected chi connectivity index (χ0v) is 14.8. The molecule has 0 unspecified atom stereocenters. The summed E-state index contributed by atoms with van der Waals surface area (Å²) in [6.07, 6.45) is 1.43. The van der Waals surface area contributed by atoms with Crippen molar-refractivity contribution in [1.29, 1.82) is 0 Å². The second-order valence-corrected chi connectivity index (χ2v) is 6.28. The van der Waals surface area contributed by atoms with Crippen molar-refractivity contribution < 1.29 is 27.5 Å². The summed E-state index contributed by atoms with van der Waals surface area (Å²) in [5.41, 5.74) is -4.00. The molecule has 0 fully saturated rings. The number of anilines is 1. The molecule has 0 bridgehead atoms. The molecule has 30 heavy (non-hydrogen) atoms. The van der Waals surface area contributed by atoms with Crippen LogP contribution in [-0.4, -0.2) is 20.6 Å². The van der Waals surface area contributed by atoms with Crippen LogP contribution in [0.3, 0.4) is 0 Å². The van der Waals surface area contributed by atoms with E-state index >= 15 is 0 Å². The molecule has 0 saturated heterocycles. The van der Waals surface area contributed by atoms with Gasteiger partial charge in [0.05, 0.1) is 11.1 Å². The lowest BCUT2D eigenvalue weighted by Gasteiger charge is -2.13. The van der Waals surface area contributed by atoms with E-state index in [2.05, 4.69) is 5.10 Å². The summed E-state index contributed by atoms with van der Waals surface area (Å²) >= 11 is 0. The average Bonchev–Trinajstić information content (AvgIpc) is 3.05. The number of rotatable bonds is 3. The predicted molar refractivity (Wildman–Crippen MR) is 99.3 cm³/mol. The van der Waals surface area contributed by atoms with Gasteiger partial charge in [-0.1, -0.05) is 18.2 Å². The van der Waals surface area contributed by atoms with Gasteiger partial charge in [-0.2, -0.15) is 0 Å². The Bertz CT molecular complexity index is 1350. The van der Waals surface area contributed by atoms with E-state index in [0.29, 0.717) is 0 Å². The fraction of sp³-hybridized carbons (Fsp3) is 0. The Balaban J connectivity index is 1.81. The molecule has 2 heterocycles. The fourth-order valence-electron chi connectivity index (χ4n) is 3.08. The minimum atomic E-state index is -1.86. The molecule has 2 aromatic carbocycles. The molecule has 6 nitrogen and oxygen atoms in total. The Labute approximate surface area is 165 Å². The first-order chi connectivity index (χ1) is 14.3. The van der Waals surface area contributed by atoms with Crippen LogP contribution in [0.5, 0.6) is 5.75 Å².